The monoisotopic (exact) mass is 707 g/mol. The number of hydrogen-bond donors (Lipinski definition) is 1. The summed E-state index contributed by atoms with van der Waals surface area (Å²) in [6, 6.07) is 8.10. The Morgan fingerprint density at radius 2 is 1.48 bits per heavy atom. The number of hydrogen-bond acceptors (Lipinski definition) is 15. The van der Waals surface area contributed by atoms with Gasteiger partial charge in [-0.15, -0.1) is 6.58 Å². The zero-order valence-electron chi connectivity index (χ0n) is 28.7. The van der Waals surface area contributed by atoms with Crippen molar-refractivity contribution in [3.8, 4) is 0 Å². The first-order valence-electron chi connectivity index (χ1n) is 16.3. The molecule has 1 N–H and O–H groups in total. The first-order valence-corrected chi connectivity index (χ1v) is 16.3. The molecule has 3 heterocycles. The Hall–Kier alpha value is -3.93. The van der Waals surface area contributed by atoms with Gasteiger partial charge in [0.15, 0.2) is 37.2 Å². The van der Waals surface area contributed by atoms with Crippen molar-refractivity contribution in [2.24, 2.45) is 0 Å². The Morgan fingerprint density at radius 3 is 2.10 bits per heavy atom. The third kappa shape index (κ3) is 10.5. The van der Waals surface area contributed by atoms with Crippen molar-refractivity contribution in [2.45, 2.75) is 115 Å². The fourth-order valence-electron chi connectivity index (χ4n) is 5.92. The lowest BCUT2D eigenvalue weighted by atomic mass is 9.94. The van der Waals surface area contributed by atoms with E-state index in [1.165, 1.54) is 13.8 Å². The lowest BCUT2D eigenvalue weighted by Crippen LogP contribution is -2.70. The van der Waals surface area contributed by atoms with Gasteiger partial charge >= 0.3 is 23.9 Å². The van der Waals surface area contributed by atoms with Crippen LogP contribution in [0.15, 0.2) is 43.0 Å². The molecule has 276 valence electrons. The maximum Gasteiger partial charge on any atom is 0.303 e. The highest BCUT2D eigenvalue weighted by Crippen LogP contribution is 2.38. The van der Waals surface area contributed by atoms with E-state index in [-0.39, 0.29) is 13.2 Å². The first-order chi connectivity index (χ1) is 23.9. The van der Waals surface area contributed by atoms with Crippen LogP contribution in [0, 0.1) is 0 Å². The molecule has 3 fully saturated rings. The minimum Gasteiger partial charge on any atom is -0.463 e. The number of allylic oxidation sites excluding steroid dienone is 1. The van der Waals surface area contributed by atoms with Crippen LogP contribution in [0.5, 0.6) is 0 Å². The minimum atomic E-state index is -1.57. The van der Waals surface area contributed by atoms with Gasteiger partial charge < -0.3 is 52.7 Å². The average molecular weight is 708 g/mol. The van der Waals surface area contributed by atoms with Crippen LogP contribution in [0.1, 0.15) is 59.3 Å². The Morgan fingerprint density at radius 1 is 0.820 bits per heavy atom. The number of ether oxygens (including phenoxy) is 10. The van der Waals surface area contributed by atoms with Crippen molar-refractivity contribution in [1.29, 1.82) is 0 Å². The predicted octanol–water partition coefficient (Wildman–Crippen LogP) is 1.78. The number of carbonyl (C=O) groups is 5. The highest BCUT2D eigenvalue weighted by Gasteiger charge is 2.57. The normalized spacial score (nSPS) is 32.1. The fourth-order valence-corrected chi connectivity index (χ4v) is 5.92. The summed E-state index contributed by atoms with van der Waals surface area (Å²) in [5.74, 6) is -3.50. The molecule has 4 rings (SSSR count). The Bertz CT molecular complexity index is 1340. The number of rotatable bonds is 14. The van der Waals surface area contributed by atoms with E-state index in [0.29, 0.717) is 18.4 Å². The van der Waals surface area contributed by atoms with Crippen LogP contribution in [0.4, 0.5) is 0 Å². The molecule has 0 aliphatic carbocycles. The van der Waals surface area contributed by atoms with E-state index >= 15 is 0 Å². The Kier molecular flexibility index (Phi) is 14.3. The molecule has 3 aliphatic rings. The van der Waals surface area contributed by atoms with E-state index in [1.54, 1.807) is 6.08 Å². The summed E-state index contributed by atoms with van der Waals surface area (Å²) in [5.41, 5.74) is 0.705. The zero-order valence-corrected chi connectivity index (χ0v) is 28.7. The van der Waals surface area contributed by atoms with E-state index in [9.17, 15) is 24.0 Å². The Balaban J connectivity index is 1.77. The van der Waals surface area contributed by atoms with E-state index < -0.39 is 104 Å². The summed E-state index contributed by atoms with van der Waals surface area (Å²) in [5, 5.41) is 2.84. The highest BCUT2D eigenvalue weighted by molar-refractivity contribution is 5.73. The quantitative estimate of drug-likeness (QED) is 0.127. The molecule has 0 saturated carbocycles. The molecular formula is C34H45NO15. The molecular weight excluding hydrogens is 662 g/mol. The van der Waals surface area contributed by atoms with Crippen LogP contribution in [0.3, 0.4) is 0 Å². The second-order valence-electron chi connectivity index (χ2n) is 11.9. The minimum absolute atomic E-state index is 0.0436. The van der Waals surface area contributed by atoms with Gasteiger partial charge in [0.05, 0.1) is 13.2 Å². The molecule has 3 aliphatic heterocycles. The lowest BCUT2D eigenvalue weighted by Gasteiger charge is -2.51. The van der Waals surface area contributed by atoms with Gasteiger partial charge in [-0.1, -0.05) is 36.4 Å². The molecule has 0 aromatic heterocycles. The molecule has 1 aromatic carbocycles. The average Bonchev–Trinajstić information content (AvgIpc) is 3.05. The summed E-state index contributed by atoms with van der Waals surface area (Å²) in [4.78, 5) is 61.5. The number of nitrogens with one attached hydrogen (secondary N) is 1. The van der Waals surface area contributed by atoms with Crippen molar-refractivity contribution in [3.05, 3.63) is 48.6 Å². The summed E-state index contributed by atoms with van der Waals surface area (Å²) >= 11 is 0. The third-order valence-corrected chi connectivity index (χ3v) is 7.85. The van der Waals surface area contributed by atoms with E-state index in [4.69, 9.17) is 47.4 Å². The number of fused-ring (bicyclic) bond motifs is 1. The van der Waals surface area contributed by atoms with Crippen LogP contribution in [0.25, 0.3) is 0 Å². The summed E-state index contributed by atoms with van der Waals surface area (Å²) in [6.07, 6.45) is -8.99. The summed E-state index contributed by atoms with van der Waals surface area (Å²) in [6.45, 7) is 9.40. The van der Waals surface area contributed by atoms with Crippen molar-refractivity contribution in [2.75, 3.05) is 19.8 Å². The fraction of sp³-hybridized carbons (Fsp3) is 0.618. The van der Waals surface area contributed by atoms with Crippen LogP contribution < -0.4 is 5.32 Å². The predicted molar refractivity (Wildman–Crippen MR) is 168 cm³/mol. The van der Waals surface area contributed by atoms with Crippen molar-refractivity contribution in [3.63, 3.8) is 0 Å². The van der Waals surface area contributed by atoms with Crippen LogP contribution in [-0.4, -0.2) is 111 Å². The van der Waals surface area contributed by atoms with Gasteiger partial charge in [-0.3, -0.25) is 24.0 Å². The Labute approximate surface area is 289 Å². The van der Waals surface area contributed by atoms with Gasteiger partial charge in [0.2, 0.25) is 5.91 Å². The van der Waals surface area contributed by atoms with Crippen LogP contribution >= 0.6 is 0 Å². The van der Waals surface area contributed by atoms with Gasteiger partial charge in [-0.25, -0.2) is 0 Å². The first kappa shape index (κ1) is 38.9. The van der Waals surface area contributed by atoms with E-state index in [0.717, 1.165) is 20.8 Å². The molecule has 0 radical (unpaired) electrons. The molecule has 1 aromatic rings. The molecule has 3 saturated heterocycles. The lowest BCUT2D eigenvalue weighted by molar-refractivity contribution is -0.378. The highest BCUT2D eigenvalue weighted by atomic mass is 16.8. The maximum absolute atomic E-state index is 12.6. The molecule has 0 spiro atoms. The summed E-state index contributed by atoms with van der Waals surface area (Å²) < 4.78 is 59.6. The second kappa shape index (κ2) is 18.3. The summed E-state index contributed by atoms with van der Waals surface area (Å²) in [7, 11) is 0. The maximum atomic E-state index is 12.6. The SMILES string of the molecule is C=CCCCO[C@H]1OC2COC(c3ccccc3)O[C@@H]2[C@H](O[C@@H]2OC(COC(C)=O)[C@H](OC(C)=O)[C@H](OC(C)=O)C2OC(C)=O)C1NC(C)=O. The van der Waals surface area contributed by atoms with Gasteiger partial charge in [0.1, 0.15) is 37.1 Å². The molecule has 5 unspecified atom stereocenters. The van der Waals surface area contributed by atoms with Crippen molar-refractivity contribution < 1.29 is 71.3 Å². The van der Waals surface area contributed by atoms with Crippen molar-refractivity contribution in [1.82, 2.24) is 5.32 Å². The zero-order chi connectivity index (χ0) is 36.4. The number of amides is 1. The van der Waals surface area contributed by atoms with Gasteiger partial charge in [0, 0.05) is 40.2 Å². The molecule has 16 heteroatoms. The number of unbranched alkanes of at least 4 members (excludes halogenated alkanes) is 1. The van der Waals surface area contributed by atoms with Crippen molar-refractivity contribution >= 4 is 29.8 Å². The molecule has 1 amide bonds. The standard InChI is InChI=1S/C34H45NO15/c1-7-8-12-15-41-33-26(35-18(2)36)29(27-25(47-33)17-43-32(49-27)23-13-10-9-11-14-23)50-34-31(46-22(6)40)30(45-21(5)39)28(44-20(4)38)24(48-34)16-42-19(3)37/h7,9-11,13-14,24-34H,1,8,12,15-17H2,2-6H3,(H,35,36)/t24?,25?,26?,27-,28-,29+,30-,31?,32?,33-,34-/m0/s1. The number of benzene rings is 1. The largest absolute Gasteiger partial charge is 0.463 e. The molecule has 50 heavy (non-hydrogen) atoms. The smallest absolute Gasteiger partial charge is 0.303 e. The second-order valence-corrected chi connectivity index (χ2v) is 11.9. The van der Waals surface area contributed by atoms with E-state index in [2.05, 4.69) is 11.9 Å². The van der Waals surface area contributed by atoms with Crippen LogP contribution in [-0.2, 0) is 71.3 Å². The van der Waals surface area contributed by atoms with Gasteiger partial charge in [0.25, 0.3) is 0 Å². The van der Waals surface area contributed by atoms with Crippen LogP contribution in [0.2, 0.25) is 0 Å². The molecule has 0 bridgehead atoms. The van der Waals surface area contributed by atoms with Gasteiger partial charge in [-0.05, 0) is 12.8 Å². The third-order valence-electron chi connectivity index (χ3n) is 7.85. The number of carbonyl (C=O) groups excluding carboxylic acids is 5. The number of esters is 4. The molecule has 11 atom stereocenters. The van der Waals surface area contributed by atoms with Gasteiger partial charge in [-0.2, -0.15) is 0 Å². The van der Waals surface area contributed by atoms with E-state index in [1.807, 2.05) is 30.3 Å². The molecule has 16 nitrogen and oxygen atoms in total. The topological polar surface area (TPSA) is 190 Å².